The SMILES string of the molecule is ClCC1COC(COc2ccc(Cc3ccc(OCC4OCC(CCl)O4)cc3)cc2)O1. The van der Waals surface area contributed by atoms with Crippen molar-refractivity contribution in [2.75, 3.05) is 38.2 Å². The number of hydrogen-bond donors (Lipinski definition) is 0. The lowest BCUT2D eigenvalue weighted by Crippen LogP contribution is -2.20. The molecule has 0 spiro atoms. The fraction of sp³-hybridized carbons (Fsp3) is 0.478. The van der Waals surface area contributed by atoms with Gasteiger partial charge in [0.15, 0.2) is 12.6 Å². The Hall–Kier alpha value is -1.54. The van der Waals surface area contributed by atoms with Gasteiger partial charge in [0, 0.05) is 0 Å². The normalized spacial score (nSPS) is 25.6. The summed E-state index contributed by atoms with van der Waals surface area (Å²) in [5.74, 6) is 2.41. The minimum absolute atomic E-state index is 0.0537. The third-order valence-electron chi connectivity index (χ3n) is 5.00. The zero-order valence-electron chi connectivity index (χ0n) is 17.1. The molecule has 6 nitrogen and oxygen atoms in total. The Labute approximate surface area is 192 Å². The fourth-order valence-electron chi connectivity index (χ4n) is 3.32. The van der Waals surface area contributed by atoms with Gasteiger partial charge in [0.05, 0.1) is 37.2 Å². The average molecular weight is 469 g/mol. The first-order chi connectivity index (χ1) is 15.2. The number of ether oxygens (including phenoxy) is 6. The Morgan fingerprint density at radius 2 is 1.10 bits per heavy atom. The first kappa shape index (κ1) is 22.6. The van der Waals surface area contributed by atoms with Crippen molar-refractivity contribution < 1.29 is 28.4 Å². The minimum Gasteiger partial charge on any atom is -0.488 e. The second-order valence-electron chi connectivity index (χ2n) is 7.44. The van der Waals surface area contributed by atoms with Gasteiger partial charge >= 0.3 is 0 Å². The van der Waals surface area contributed by atoms with Crippen molar-refractivity contribution in [2.24, 2.45) is 0 Å². The standard InChI is InChI=1S/C23H26Cl2O6/c24-10-20-12-28-22(30-20)14-26-18-5-1-16(2-6-18)9-17-3-7-19(8-4-17)27-15-23-29-13-21(11-25)31-23/h1-8,20-23H,9-15H2. The lowest BCUT2D eigenvalue weighted by atomic mass is 10.0. The maximum atomic E-state index is 5.77. The summed E-state index contributed by atoms with van der Waals surface area (Å²) in [5, 5.41) is 0. The van der Waals surface area contributed by atoms with Gasteiger partial charge in [-0.2, -0.15) is 0 Å². The van der Waals surface area contributed by atoms with Crippen LogP contribution in [0.4, 0.5) is 0 Å². The summed E-state index contributed by atoms with van der Waals surface area (Å²) >= 11 is 11.5. The summed E-state index contributed by atoms with van der Waals surface area (Å²) in [6.45, 7) is 1.71. The molecule has 0 aliphatic carbocycles. The average Bonchev–Trinajstić information content (AvgIpc) is 3.47. The Bertz CT molecular complexity index is 733. The molecule has 0 aromatic heterocycles. The maximum absolute atomic E-state index is 5.77. The summed E-state index contributed by atoms with van der Waals surface area (Å²) in [5.41, 5.74) is 2.38. The van der Waals surface area contributed by atoms with E-state index in [0.717, 1.165) is 17.9 Å². The number of benzene rings is 2. The molecule has 8 heteroatoms. The van der Waals surface area contributed by atoms with E-state index in [4.69, 9.17) is 51.6 Å². The number of halogens is 2. The first-order valence-corrected chi connectivity index (χ1v) is 11.4. The van der Waals surface area contributed by atoms with Crippen molar-refractivity contribution in [3.63, 3.8) is 0 Å². The van der Waals surface area contributed by atoms with E-state index < -0.39 is 0 Å². The molecule has 0 N–H and O–H groups in total. The fourth-order valence-corrected chi connectivity index (χ4v) is 3.65. The third-order valence-corrected chi connectivity index (χ3v) is 5.68. The summed E-state index contributed by atoms with van der Waals surface area (Å²) in [6.07, 6.45) is -0.0153. The van der Waals surface area contributed by atoms with Gasteiger partial charge in [-0.25, -0.2) is 0 Å². The smallest absolute Gasteiger partial charge is 0.192 e. The molecule has 168 valence electrons. The van der Waals surface area contributed by atoms with Crippen LogP contribution in [0.5, 0.6) is 11.5 Å². The lowest BCUT2D eigenvalue weighted by Gasteiger charge is -2.13. The Balaban J connectivity index is 1.20. The van der Waals surface area contributed by atoms with Crippen LogP contribution in [-0.4, -0.2) is 63.0 Å². The van der Waals surface area contributed by atoms with E-state index in [2.05, 4.69) is 24.3 Å². The van der Waals surface area contributed by atoms with Crippen LogP contribution < -0.4 is 9.47 Å². The zero-order chi connectivity index (χ0) is 21.5. The van der Waals surface area contributed by atoms with Crippen molar-refractivity contribution in [3.05, 3.63) is 59.7 Å². The second kappa shape index (κ2) is 11.4. The molecular weight excluding hydrogens is 443 g/mol. The number of alkyl halides is 2. The predicted molar refractivity (Wildman–Crippen MR) is 117 cm³/mol. The number of rotatable bonds is 10. The van der Waals surface area contributed by atoms with Crippen LogP contribution >= 0.6 is 23.2 Å². The molecule has 0 amide bonds. The van der Waals surface area contributed by atoms with Gasteiger partial charge in [-0.15, -0.1) is 23.2 Å². The molecular formula is C23H26Cl2O6. The van der Waals surface area contributed by atoms with E-state index in [0.29, 0.717) is 38.2 Å². The predicted octanol–water partition coefficient (Wildman–Crippen LogP) is 4.00. The quantitative estimate of drug-likeness (QED) is 0.491. The molecule has 2 aliphatic heterocycles. The monoisotopic (exact) mass is 468 g/mol. The molecule has 0 radical (unpaired) electrons. The van der Waals surface area contributed by atoms with Crippen molar-refractivity contribution in [1.82, 2.24) is 0 Å². The largest absolute Gasteiger partial charge is 0.488 e. The molecule has 2 fully saturated rings. The molecule has 4 rings (SSSR count). The highest BCUT2D eigenvalue weighted by Gasteiger charge is 2.26. The number of hydrogen-bond acceptors (Lipinski definition) is 6. The van der Waals surface area contributed by atoms with Gasteiger partial charge in [0.1, 0.15) is 24.7 Å². The molecule has 4 unspecified atom stereocenters. The van der Waals surface area contributed by atoms with Crippen molar-refractivity contribution in [2.45, 2.75) is 31.2 Å². The first-order valence-electron chi connectivity index (χ1n) is 10.3. The Morgan fingerprint density at radius 1 is 0.677 bits per heavy atom. The lowest BCUT2D eigenvalue weighted by molar-refractivity contribution is -0.0790. The van der Waals surface area contributed by atoms with Gasteiger partial charge in [0.25, 0.3) is 0 Å². The van der Waals surface area contributed by atoms with Gasteiger partial charge in [-0.3, -0.25) is 0 Å². The molecule has 0 saturated carbocycles. The van der Waals surface area contributed by atoms with Crippen molar-refractivity contribution >= 4 is 23.2 Å². The van der Waals surface area contributed by atoms with Crippen LogP contribution in [0.3, 0.4) is 0 Å². The van der Waals surface area contributed by atoms with E-state index in [1.165, 1.54) is 11.1 Å². The maximum Gasteiger partial charge on any atom is 0.192 e. The topological polar surface area (TPSA) is 55.4 Å². The van der Waals surface area contributed by atoms with Crippen LogP contribution in [0.2, 0.25) is 0 Å². The molecule has 0 bridgehead atoms. The van der Waals surface area contributed by atoms with E-state index in [-0.39, 0.29) is 24.8 Å². The molecule has 2 aromatic rings. The van der Waals surface area contributed by atoms with Gasteiger partial charge in [-0.1, -0.05) is 24.3 Å². The third kappa shape index (κ3) is 6.72. The van der Waals surface area contributed by atoms with Gasteiger partial charge in [0.2, 0.25) is 0 Å². The molecule has 4 atom stereocenters. The Morgan fingerprint density at radius 3 is 1.45 bits per heavy atom. The van der Waals surface area contributed by atoms with Crippen molar-refractivity contribution in [1.29, 1.82) is 0 Å². The summed E-state index contributed by atoms with van der Waals surface area (Å²) in [6, 6.07) is 16.0. The van der Waals surface area contributed by atoms with Gasteiger partial charge < -0.3 is 28.4 Å². The highest BCUT2D eigenvalue weighted by atomic mass is 35.5. The Kier molecular flexibility index (Phi) is 8.30. The van der Waals surface area contributed by atoms with Gasteiger partial charge in [-0.05, 0) is 41.8 Å². The van der Waals surface area contributed by atoms with Crippen LogP contribution in [0.25, 0.3) is 0 Å². The molecule has 2 aromatic carbocycles. The highest BCUT2D eigenvalue weighted by Crippen LogP contribution is 2.20. The van der Waals surface area contributed by atoms with E-state index in [9.17, 15) is 0 Å². The van der Waals surface area contributed by atoms with E-state index >= 15 is 0 Å². The van der Waals surface area contributed by atoms with Crippen molar-refractivity contribution in [3.8, 4) is 11.5 Å². The minimum atomic E-state index is -0.363. The second-order valence-corrected chi connectivity index (χ2v) is 8.05. The zero-order valence-corrected chi connectivity index (χ0v) is 18.6. The molecule has 2 aliphatic rings. The van der Waals surface area contributed by atoms with Crippen LogP contribution in [0, 0.1) is 0 Å². The summed E-state index contributed by atoms with van der Waals surface area (Å²) < 4.78 is 33.7. The molecule has 31 heavy (non-hydrogen) atoms. The van der Waals surface area contributed by atoms with Crippen LogP contribution in [-0.2, 0) is 25.4 Å². The molecule has 2 saturated heterocycles. The summed E-state index contributed by atoms with van der Waals surface area (Å²) in [4.78, 5) is 0. The van der Waals surface area contributed by atoms with Crippen LogP contribution in [0.1, 0.15) is 11.1 Å². The molecule has 2 heterocycles. The van der Waals surface area contributed by atoms with E-state index in [1.807, 2.05) is 24.3 Å². The van der Waals surface area contributed by atoms with Crippen LogP contribution in [0.15, 0.2) is 48.5 Å². The summed E-state index contributed by atoms with van der Waals surface area (Å²) in [7, 11) is 0. The highest BCUT2D eigenvalue weighted by molar-refractivity contribution is 6.18. The van der Waals surface area contributed by atoms with E-state index in [1.54, 1.807) is 0 Å².